The van der Waals surface area contributed by atoms with E-state index < -0.39 is 11.5 Å². The van der Waals surface area contributed by atoms with Gasteiger partial charge >= 0.3 is 5.97 Å². The molecule has 2 aromatic carbocycles. The molecule has 0 aliphatic carbocycles. The van der Waals surface area contributed by atoms with E-state index in [0.29, 0.717) is 5.75 Å². The van der Waals surface area contributed by atoms with E-state index in [0.717, 1.165) is 24.3 Å². The summed E-state index contributed by atoms with van der Waals surface area (Å²) in [5.41, 5.74) is 1.77. The maximum atomic E-state index is 12.6. The smallest absolute Gasteiger partial charge is 0.329 e. The number of carbonyl (C=O) groups excluding carboxylic acids is 2. The molecule has 3 rings (SSSR count). The first-order valence-corrected chi connectivity index (χ1v) is 10.6. The van der Waals surface area contributed by atoms with Crippen LogP contribution >= 0.6 is 0 Å². The Morgan fingerprint density at radius 3 is 2.45 bits per heavy atom. The van der Waals surface area contributed by atoms with Gasteiger partial charge in [-0.25, -0.2) is 4.79 Å². The number of anilines is 2. The van der Waals surface area contributed by atoms with Crippen LogP contribution in [0.1, 0.15) is 25.3 Å². The number of rotatable bonds is 9. The molecule has 2 aromatic rings. The summed E-state index contributed by atoms with van der Waals surface area (Å²) in [5, 5.41) is 5.91. The molecular formula is C24H31N3O4. The molecule has 1 aliphatic rings. The zero-order valence-electron chi connectivity index (χ0n) is 18.4. The number of methoxy groups -OCH3 is 1. The van der Waals surface area contributed by atoms with E-state index in [9.17, 15) is 9.59 Å². The number of hydrogen-bond donors (Lipinski definition) is 2. The van der Waals surface area contributed by atoms with Crippen LogP contribution in [0.25, 0.3) is 0 Å². The maximum absolute atomic E-state index is 12.6. The van der Waals surface area contributed by atoms with Crippen molar-refractivity contribution in [1.29, 1.82) is 0 Å². The highest BCUT2D eigenvalue weighted by Gasteiger charge is 2.35. The largest absolute Gasteiger partial charge is 0.491 e. The van der Waals surface area contributed by atoms with E-state index in [1.165, 1.54) is 25.6 Å². The van der Waals surface area contributed by atoms with Gasteiger partial charge in [0.2, 0.25) is 5.91 Å². The lowest BCUT2D eigenvalue weighted by atomic mass is 10.0. The minimum Gasteiger partial charge on any atom is -0.491 e. The molecular weight excluding hydrogens is 394 g/mol. The van der Waals surface area contributed by atoms with Crippen molar-refractivity contribution in [1.82, 2.24) is 5.32 Å². The van der Waals surface area contributed by atoms with E-state index in [2.05, 4.69) is 21.6 Å². The molecule has 166 valence electrons. The number of amides is 1. The van der Waals surface area contributed by atoms with Crippen LogP contribution in [0.15, 0.2) is 48.5 Å². The molecule has 7 nitrogen and oxygen atoms in total. The second-order valence-electron chi connectivity index (χ2n) is 8.02. The van der Waals surface area contributed by atoms with Gasteiger partial charge in [0.25, 0.3) is 0 Å². The van der Waals surface area contributed by atoms with Gasteiger partial charge in [-0.05, 0) is 62.6 Å². The second-order valence-corrected chi connectivity index (χ2v) is 8.02. The number of carbonyl (C=O) groups is 2. The Morgan fingerprint density at radius 1 is 1.10 bits per heavy atom. The van der Waals surface area contributed by atoms with Crippen molar-refractivity contribution in [2.45, 2.75) is 32.2 Å². The number of para-hydroxylation sites is 1. The molecule has 0 bridgehead atoms. The predicted octanol–water partition coefficient (Wildman–Crippen LogP) is 3.13. The quantitative estimate of drug-likeness (QED) is 0.601. The Balaban J connectivity index is 1.58. The third-order valence-electron chi connectivity index (χ3n) is 5.50. The number of benzene rings is 2. The topological polar surface area (TPSA) is 79.9 Å². The van der Waals surface area contributed by atoms with Crippen molar-refractivity contribution < 1.29 is 19.1 Å². The van der Waals surface area contributed by atoms with Gasteiger partial charge in [0.15, 0.2) is 0 Å². The summed E-state index contributed by atoms with van der Waals surface area (Å²) in [7, 11) is 1.32. The van der Waals surface area contributed by atoms with Crippen LogP contribution in [-0.2, 0) is 14.3 Å². The van der Waals surface area contributed by atoms with Crippen LogP contribution in [0.3, 0.4) is 0 Å². The molecule has 2 N–H and O–H groups in total. The third kappa shape index (κ3) is 5.98. The van der Waals surface area contributed by atoms with Gasteiger partial charge in [-0.2, -0.15) is 0 Å². The van der Waals surface area contributed by atoms with Gasteiger partial charge in [0, 0.05) is 24.5 Å². The summed E-state index contributed by atoms with van der Waals surface area (Å²) in [6.45, 7) is 5.76. The fraction of sp³-hybridized carbons (Fsp3) is 0.417. The Bertz CT molecular complexity index is 897. The lowest BCUT2D eigenvalue weighted by molar-refractivity contribution is -0.149. The Morgan fingerprint density at radius 2 is 1.81 bits per heavy atom. The molecule has 1 aliphatic heterocycles. The summed E-state index contributed by atoms with van der Waals surface area (Å²) in [5.74, 6) is -0.105. The van der Waals surface area contributed by atoms with E-state index in [-0.39, 0.29) is 19.1 Å². The Hall–Kier alpha value is -3.06. The van der Waals surface area contributed by atoms with Crippen LogP contribution in [0, 0.1) is 6.92 Å². The van der Waals surface area contributed by atoms with Crippen molar-refractivity contribution in [2.75, 3.05) is 43.6 Å². The highest BCUT2D eigenvalue weighted by molar-refractivity contribution is 5.94. The average molecular weight is 426 g/mol. The van der Waals surface area contributed by atoms with Gasteiger partial charge < -0.3 is 19.7 Å². The highest BCUT2D eigenvalue weighted by atomic mass is 16.5. The second kappa shape index (κ2) is 10.3. The lowest BCUT2D eigenvalue weighted by Crippen LogP contribution is -2.56. The monoisotopic (exact) mass is 425 g/mol. The number of aryl methyl sites for hydroxylation is 1. The summed E-state index contributed by atoms with van der Waals surface area (Å²) in [6.07, 6.45) is 2.44. The molecule has 0 aromatic heterocycles. The molecule has 1 unspecified atom stereocenters. The van der Waals surface area contributed by atoms with E-state index in [1.54, 1.807) is 19.1 Å². The molecule has 0 saturated carbocycles. The number of esters is 1. The van der Waals surface area contributed by atoms with Gasteiger partial charge in [-0.15, -0.1) is 0 Å². The normalized spacial score (nSPS) is 15.3. The number of hydrogen-bond acceptors (Lipinski definition) is 6. The van der Waals surface area contributed by atoms with Crippen LogP contribution < -0.4 is 20.3 Å². The molecule has 1 saturated heterocycles. The Kier molecular flexibility index (Phi) is 7.52. The van der Waals surface area contributed by atoms with Gasteiger partial charge in [-0.1, -0.05) is 18.2 Å². The predicted molar refractivity (Wildman–Crippen MR) is 122 cm³/mol. The molecule has 1 atom stereocenters. The minimum absolute atomic E-state index is 0.0283. The molecule has 0 radical (unpaired) electrons. The summed E-state index contributed by atoms with van der Waals surface area (Å²) in [6, 6.07) is 15.3. The third-order valence-corrected chi connectivity index (χ3v) is 5.50. The number of nitrogens with zero attached hydrogens (tertiary/aromatic N) is 1. The number of ether oxygens (including phenoxy) is 2. The zero-order chi connectivity index (χ0) is 22.3. The van der Waals surface area contributed by atoms with Gasteiger partial charge in [0.1, 0.15) is 17.9 Å². The van der Waals surface area contributed by atoms with Crippen LogP contribution in [0.5, 0.6) is 5.75 Å². The van der Waals surface area contributed by atoms with Crippen molar-refractivity contribution in [3.05, 3.63) is 54.1 Å². The lowest BCUT2D eigenvalue weighted by Gasteiger charge is -2.27. The summed E-state index contributed by atoms with van der Waals surface area (Å²) < 4.78 is 10.6. The standard InChI is InChI=1S/C24H31N3O4/c1-18-15-19(27-13-7-8-14-27)11-12-21(18)26-22(28)16-25-24(2,23(29)30-3)17-31-20-9-5-4-6-10-20/h4-6,9-12,15,25H,7-8,13-14,16-17H2,1-3H3,(H,26,28). The van der Waals surface area contributed by atoms with E-state index >= 15 is 0 Å². The summed E-state index contributed by atoms with van der Waals surface area (Å²) in [4.78, 5) is 27.3. The number of nitrogens with one attached hydrogen (secondary N) is 2. The van der Waals surface area contributed by atoms with Crippen LogP contribution in [0.2, 0.25) is 0 Å². The zero-order valence-corrected chi connectivity index (χ0v) is 18.4. The fourth-order valence-electron chi connectivity index (χ4n) is 3.58. The van der Waals surface area contributed by atoms with Crippen LogP contribution in [0.4, 0.5) is 11.4 Å². The first kappa shape index (κ1) is 22.6. The fourth-order valence-corrected chi connectivity index (χ4v) is 3.58. The van der Waals surface area contributed by atoms with Crippen molar-refractivity contribution in [3.63, 3.8) is 0 Å². The van der Waals surface area contributed by atoms with Crippen molar-refractivity contribution in [2.24, 2.45) is 0 Å². The van der Waals surface area contributed by atoms with E-state index in [4.69, 9.17) is 9.47 Å². The van der Waals surface area contributed by atoms with Gasteiger partial charge in [0.05, 0.1) is 13.7 Å². The highest BCUT2D eigenvalue weighted by Crippen LogP contribution is 2.25. The van der Waals surface area contributed by atoms with E-state index in [1.807, 2.05) is 37.3 Å². The molecule has 1 amide bonds. The van der Waals surface area contributed by atoms with Crippen molar-refractivity contribution >= 4 is 23.3 Å². The summed E-state index contributed by atoms with van der Waals surface area (Å²) >= 11 is 0. The van der Waals surface area contributed by atoms with Crippen molar-refractivity contribution in [3.8, 4) is 5.75 Å². The molecule has 1 fully saturated rings. The molecule has 7 heteroatoms. The SMILES string of the molecule is COC(=O)C(C)(COc1ccccc1)NCC(=O)Nc1ccc(N2CCCC2)cc1C. The van der Waals surface area contributed by atoms with Gasteiger partial charge in [-0.3, -0.25) is 10.1 Å². The van der Waals surface area contributed by atoms with Crippen LogP contribution in [-0.4, -0.2) is 50.8 Å². The minimum atomic E-state index is -1.17. The first-order valence-electron chi connectivity index (χ1n) is 10.6. The average Bonchev–Trinajstić information content (AvgIpc) is 3.33. The first-order chi connectivity index (χ1) is 14.9. The molecule has 1 heterocycles. The maximum Gasteiger partial charge on any atom is 0.329 e. The molecule has 31 heavy (non-hydrogen) atoms. The molecule has 0 spiro atoms. The Labute approximate surface area is 183 Å².